The summed E-state index contributed by atoms with van der Waals surface area (Å²) in [5.41, 5.74) is 2.10. The molecule has 2 heterocycles. The van der Waals surface area contributed by atoms with Crippen molar-refractivity contribution in [2.75, 3.05) is 5.32 Å². The third-order valence-electron chi connectivity index (χ3n) is 3.34. The Morgan fingerprint density at radius 3 is 2.29 bits per heavy atom. The zero-order valence-corrected chi connectivity index (χ0v) is 14.2. The molecule has 0 spiro atoms. The molecule has 4 aromatic rings. The fourth-order valence-corrected chi connectivity index (χ4v) is 3.54. The molecule has 0 fully saturated rings. The van der Waals surface area contributed by atoms with Crippen molar-refractivity contribution in [2.24, 2.45) is 0 Å². The second-order valence-corrected chi connectivity index (χ2v) is 6.82. The second-order valence-electron chi connectivity index (χ2n) is 5.01. The van der Waals surface area contributed by atoms with Gasteiger partial charge in [-0.25, -0.2) is 0 Å². The van der Waals surface area contributed by atoms with E-state index in [1.165, 1.54) is 11.5 Å². The molecule has 0 unspecified atom stereocenters. The molecular formula is C17H13N5S2. The van der Waals surface area contributed by atoms with Gasteiger partial charge in [-0.05, 0) is 0 Å². The van der Waals surface area contributed by atoms with E-state index in [-0.39, 0.29) is 0 Å². The van der Waals surface area contributed by atoms with Crippen molar-refractivity contribution in [3.63, 3.8) is 0 Å². The number of benzene rings is 2. The summed E-state index contributed by atoms with van der Waals surface area (Å²) in [7, 11) is 0. The van der Waals surface area contributed by atoms with Crippen LogP contribution in [-0.2, 0) is 6.54 Å². The van der Waals surface area contributed by atoms with Gasteiger partial charge in [0, 0.05) is 22.7 Å². The molecule has 0 amide bonds. The van der Waals surface area contributed by atoms with E-state index in [0.29, 0.717) is 6.54 Å². The van der Waals surface area contributed by atoms with Gasteiger partial charge in [-0.2, -0.15) is 9.36 Å². The molecule has 0 aliphatic heterocycles. The summed E-state index contributed by atoms with van der Waals surface area (Å²) in [6.07, 6.45) is 0. The number of nitrogens with one attached hydrogen (secondary N) is 1. The Morgan fingerprint density at radius 1 is 0.833 bits per heavy atom. The Morgan fingerprint density at radius 2 is 1.54 bits per heavy atom. The molecule has 1 N–H and O–H groups in total. The Hall–Kier alpha value is -2.64. The highest BCUT2D eigenvalue weighted by atomic mass is 32.1. The minimum absolute atomic E-state index is 0.591. The Balaban J connectivity index is 1.43. The quantitative estimate of drug-likeness (QED) is 0.579. The molecule has 7 heteroatoms. The zero-order valence-electron chi connectivity index (χ0n) is 12.6. The predicted molar refractivity (Wildman–Crippen MR) is 98.0 cm³/mol. The summed E-state index contributed by atoms with van der Waals surface area (Å²) in [6.45, 7) is 0.591. The van der Waals surface area contributed by atoms with Crippen molar-refractivity contribution in [1.29, 1.82) is 0 Å². The van der Waals surface area contributed by atoms with E-state index in [4.69, 9.17) is 0 Å². The lowest BCUT2D eigenvalue weighted by molar-refractivity contribution is 0.990. The maximum Gasteiger partial charge on any atom is 0.203 e. The van der Waals surface area contributed by atoms with Crippen LogP contribution in [0.2, 0.25) is 0 Å². The van der Waals surface area contributed by atoms with Gasteiger partial charge in [0.25, 0.3) is 0 Å². The van der Waals surface area contributed by atoms with E-state index in [2.05, 4.69) is 24.9 Å². The SMILES string of the molecule is c1ccc(-c2nsc(NCc3nnc(-c4ccccc4)s3)n2)cc1. The maximum absolute atomic E-state index is 4.51. The molecule has 0 saturated heterocycles. The molecule has 24 heavy (non-hydrogen) atoms. The van der Waals surface area contributed by atoms with Crippen LogP contribution in [-0.4, -0.2) is 19.6 Å². The van der Waals surface area contributed by atoms with E-state index < -0.39 is 0 Å². The van der Waals surface area contributed by atoms with E-state index in [0.717, 1.165) is 32.1 Å². The minimum Gasteiger partial charge on any atom is -0.354 e. The van der Waals surface area contributed by atoms with Crippen LogP contribution in [0, 0.1) is 0 Å². The van der Waals surface area contributed by atoms with Gasteiger partial charge in [-0.3, -0.25) is 0 Å². The number of rotatable bonds is 5. The maximum atomic E-state index is 4.51. The van der Waals surface area contributed by atoms with Crippen LogP contribution in [0.15, 0.2) is 60.7 Å². The van der Waals surface area contributed by atoms with E-state index >= 15 is 0 Å². The lowest BCUT2D eigenvalue weighted by Crippen LogP contribution is -1.98. The average molecular weight is 351 g/mol. The number of hydrogen-bond donors (Lipinski definition) is 1. The van der Waals surface area contributed by atoms with Gasteiger partial charge in [-0.15, -0.1) is 10.2 Å². The zero-order chi connectivity index (χ0) is 16.2. The molecule has 5 nitrogen and oxygen atoms in total. The third kappa shape index (κ3) is 3.32. The van der Waals surface area contributed by atoms with Crippen molar-refractivity contribution in [3.05, 3.63) is 65.7 Å². The van der Waals surface area contributed by atoms with Crippen molar-refractivity contribution >= 4 is 28.0 Å². The molecular weight excluding hydrogens is 338 g/mol. The molecule has 0 aliphatic carbocycles. The first-order valence-corrected chi connectivity index (χ1v) is 8.98. The Kier molecular flexibility index (Phi) is 4.26. The topological polar surface area (TPSA) is 63.6 Å². The average Bonchev–Trinajstić information content (AvgIpc) is 3.31. The summed E-state index contributed by atoms with van der Waals surface area (Å²) < 4.78 is 4.39. The lowest BCUT2D eigenvalue weighted by atomic mass is 10.2. The van der Waals surface area contributed by atoms with E-state index in [1.54, 1.807) is 11.3 Å². The van der Waals surface area contributed by atoms with Gasteiger partial charge >= 0.3 is 0 Å². The van der Waals surface area contributed by atoms with E-state index in [9.17, 15) is 0 Å². The van der Waals surface area contributed by atoms with Crippen molar-refractivity contribution in [1.82, 2.24) is 19.6 Å². The van der Waals surface area contributed by atoms with Crippen LogP contribution in [0.1, 0.15) is 5.01 Å². The smallest absolute Gasteiger partial charge is 0.203 e. The third-order valence-corrected chi connectivity index (χ3v) is 4.98. The molecule has 0 saturated carbocycles. The molecule has 4 rings (SSSR count). The van der Waals surface area contributed by atoms with Crippen LogP contribution in [0.4, 0.5) is 5.13 Å². The lowest BCUT2D eigenvalue weighted by Gasteiger charge is -1.97. The normalized spacial score (nSPS) is 10.7. The molecule has 2 aromatic heterocycles. The van der Waals surface area contributed by atoms with Gasteiger partial charge in [0.2, 0.25) is 5.13 Å². The number of anilines is 1. The standard InChI is InChI=1S/C17H13N5S2/c1-3-7-12(8-4-1)15-19-17(24-22-15)18-11-14-20-21-16(23-14)13-9-5-2-6-10-13/h1-10H,11H2,(H,18,19,22). The van der Waals surface area contributed by atoms with Crippen LogP contribution in [0.3, 0.4) is 0 Å². The Bertz CT molecular complexity index is 841. The molecule has 2 aromatic carbocycles. The van der Waals surface area contributed by atoms with E-state index in [1.807, 2.05) is 60.7 Å². The molecule has 0 aliphatic rings. The fourth-order valence-electron chi connectivity index (χ4n) is 2.17. The first-order valence-electron chi connectivity index (χ1n) is 7.39. The summed E-state index contributed by atoms with van der Waals surface area (Å²) >= 11 is 2.93. The first kappa shape index (κ1) is 14.9. The second kappa shape index (κ2) is 6.86. The Labute approximate surface area is 147 Å². The first-order chi connectivity index (χ1) is 11.9. The van der Waals surface area contributed by atoms with Crippen molar-refractivity contribution in [3.8, 4) is 22.0 Å². The minimum atomic E-state index is 0.591. The van der Waals surface area contributed by atoms with Gasteiger partial charge in [-0.1, -0.05) is 72.0 Å². The van der Waals surface area contributed by atoms with Gasteiger partial charge in [0.1, 0.15) is 10.0 Å². The van der Waals surface area contributed by atoms with Crippen molar-refractivity contribution in [2.45, 2.75) is 6.54 Å². The van der Waals surface area contributed by atoms with Crippen LogP contribution in [0.25, 0.3) is 22.0 Å². The van der Waals surface area contributed by atoms with Gasteiger partial charge < -0.3 is 5.32 Å². The molecule has 0 atom stereocenters. The predicted octanol–water partition coefficient (Wildman–Crippen LogP) is 4.34. The molecule has 0 radical (unpaired) electrons. The number of hydrogen-bond acceptors (Lipinski definition) is 7. The van der Waals surface area contributed by atoms with Crippen molar-refractivity contribution < 1.29 is 0 Å². The van der Waals surface area contributed by atoms with Gasteiger partial charge in [0.15, 0.2) is 5.82 Å². The fraction of sp³-hybridized carbons (Fsp3) is 0.0588. The summed E-state index contributed by atoms with van der Waals surface area (Å²) in [6, 6.07) is 20.0. The largest absolute Gasteiger partial charge is 0.354 e. The van der Waals surface area contributed by atoms with Crippen LogP contribution in [0.5, 0.6) is 0 Å². The number of nitrogens with zero attached hydrogens (tertiary/aromatic N) is 4. The number of aromatic nitrogens is 4. The molecule has 118 valence electrons. The summed E-state index contributed by atoms with van der Waals surface area (Å²) in [5, 5.41) is 14.4. The van der Waals surface area contributed by atoms with Crippen LogP contribution < -0.4 is 5.32 Å². The van der Waals surface area contributed by atoms with Gasteiger partial charge in [0.05, 0.1) is 6.54 Å². The highest BCUT2D eigenvalue weighted by molar-refractivity contribution is 7.14. The van der Waals surface area contributed by atoms with Crippen LogP contribution >= 0.6 is 22.9 Å². The summed E-state index contributed by atoms with van der Waals surface area (Å²) in [4.78, 5) is 4.51. The summed E-state index contributed by atoms with van der Waals surface area (Å²) in [5.74, 6) is 0.741. The highest BCUT2D eigenvalue weighted by Crippen LogP contribution is 2.25. The monoisotopic (exact) mass is 351 g/mol. The molecule has 0 bridgehead atoms. The highest BCUT2D eigenvalue weighted by Gasteiger charge is 2.09.